The summed E-state index contributed by atoms with van der Waals surface area (Å²) in [6.45, 7) is 0.727. The molecule has 3 heterocycles. The zero-order chi connectivity index (χ0) is 15.8. The first kappa shape index (κ1) is 14.2. The molecule has 118 valence electrons. The molecule has 2 aliphatic rings. The van der Waals surface area contributed by atoms with E-state index < -0.39 is 0 Å². The van der Waals surface area contributed by atoms with Gasteiger partial charge in [0.1, 0.15) is 0 Å². The van der Waals surface area contributed by atoms with E-state index in [-0.39, 0.29) is 30.5 Å². The molecule has 1 amide bonds. The van der Waals surface area contributed by atoms with Gasteiger partial charge >= 0.3 is 0 Å². The van der Waals surface area contributed by atoms with E-state index in [1.54, 1.807) is 12.4 Å². The molecule has 1 aromatic heterocycles. The molecule has 23 heavy (non-hydrogen) atoms. The second kappa shape index (κ2) is 5.66. The van der Waals surface area contributed by atoms with Gasteiger partial charge in [0.15, 0.2) is 0 Å². The van der Waals surface area contributed by atoms with Crippen molar-refractivity contribution in [2.45, 2.75) is 24.4 Å². The first-order valence-corrected chi connectivity index (χ1v) is 7.93. The molecule has 5 heteroatoms. The third-order valence-electron chi connectivity index (χ3n) is 4.92. The number of likely N-dealkylation sites (tertiary alicyclic amines) is 1. The summed E-state index contributed by atoms with van der Waals surface area (Å²) in [7, 11) is 0. The highest BCUT2D eigenvalue weighted by molar-refractivity contribution is 5.81. The summed E-state index contributed by atoms with van der Waals surface area (Å²) in [6, 6.07) is 11.9. The lowest BCUT2D eigenvalue weighted by molar-refractivity contribution is -0.149. The number of pyridine rings is 1. The fraction of sp³-hybridized carbons (Fsp3) is 0.333. The first-order valence-electron chi connectivity index (χ1n) is 7.93. The number of nitrogens with zero attached hydrogens (tertiary/aromatic N) is 2. The normalized spacial score (nSPS) is 24.9. The molecular weight excluding hydrogens is 290 g/mol. The van der Waals surface area contributed by atoms with Crippen LogP contribution in [0.4, 0.5) is 5.69 Å². The van der Waals surface area contributed by atoms with Crippen molar-refractivity contribution in [1.82, 2.24) is 9.88 Å². The van der Waals surface area contributed by atoms with Gasteiger partial charge in [0.05, 0.1) is 25.1 Å². The third-order valence-corrected chi connectivity index (χ3v) is 4.92. The van der Waals surface area contributed by atoms with Crippen molar-refractivity contribution in [3.05, 3.63) is 59.9 Å². The Labute approximate surface area is 135 Å². The van der Waals surface area contributed by atoms with Gasteiger partial charge in [-0.25, -0.2) is 0 Å². The molecule has 5 nitrogen and oxygen atoms in total. The number of fused-ring (bicyclic) bond motifs is 3. The predicted molar refractivity (Wildman–Crippen MR) is 87.1 cm³/mol. The van der Waals surface area contributed by atoms with E-state index in [0.29, 0.717) is 6.42 Å². The first-order chi connectivity index (χ1) is 11.3. The van der Waals surface area contributed by atoms with Gasteiger partial charge in [-0.3, -0.25) is 9.78 Å². The topological polar surface area (TPSA) is 65.5 Å². The maximum Gasteiger partial charge on any atom is 0.227 e. The number of benzene rings is 1. The Hall–Kier alpha value is -2.40. The summed E-state index contributed by atoms with van der Waals surface area (Å²) >= 11 is 0. The number of aliphatic hydroxyl groups excluding tert-OH is 1. The zero-order valence-corrected chi connectivity index (χ0v) is 12.7. The van der Waals surface area contributed by atoms with Crippen LogP contribution in [0.1, 0.15) is 17.0 Å². The maximum atomic E-state index is 12.7. The summed E-state index contributed by atoms with van der Waals surface area (Å²) in [6.07, 6.45) is 3.75. The van der Waals surface area contributed by atoms with Crippen molar-refractivity contribution in [1.29, 1.82) is 0 Å². The largest absolute Gasteiger partial charge is 0.394 e. The van der Waals surface area contributed by atoms with E-state index in [1.165, 1.54) is 5.56 Å². The van der Waals surface area contributed by atoms with Crippen molar-refractivity contribution in [3.63, 3.8) is 0 Å². The number of rotatable bonds is 3. The number of amides is 1. The Balaban J connectivity index is 1.56. The molecule has 1 aromatic carbocycles. The summed E-state index contributed by atoms with van der Waals surface area (Å²) in [5.41, 5.74) is 3.22. The Morgan fingerprint density at radius 3 is 2.96 bits per heavy atom. The van der Waals surface area contributed by atoms with Crippen LogP contribution >= 0.6 is 0 Å². The van der Waals surface area contributed by atoms with Crippen LogP contribution < -0.4 is 5.32 Å². The number of para-hydroxylation sites is 1. The number of carbonyl (C=O) groups is 1. The minimum absolute atomic E-state index is 0.00567. The lowest BCUT2D eigenvalue weighted by Gasteiger charge is -2.57. The number of hydrogen-bond donors (Lipinski definition) is 2. The number of nitrogens with one attached hydrogen (secondary N) is 1. The molecule has 0 aliphatic carbocycles. The van der Waals surface area contributed by atoms with Crippen molar-refractivity contribution in [3.8, 4) is 0 Å². The van der Waals surface area contributed by atoms with Crippen LogP contribution in [0.5, 0.6) is 0 Å². The van der Waals surface area contributed by atoms with Gasteiger partial charge in [0, 0.05) is 30.5 Å². The fourth-order valence-corrected chi connectivity index (χ4v) is 3.89. The number of carbonyl (C=O) groups excluding carboxylic acids is 1. The molecule has 0 unspecified atom stereocenters. The van der Waals surface area contributed by atoms with Crippen LogP contribution in [0.3, 0.4) is 0 Å². The molecule has 1 fully saturated rings. The van der Waals surface area contributed by atoms with E-state index >= 15 is 0 Å². The molecule has 0 radical (unpaired) electrons. The highest BCUT2D eigenvalue weighted by Crippen LogP contribution is 2.46. The molecule has 0 bridgehead atoms. The molecule has 1 saturated heterocycles. The monoisotopic (exact) mass is 309 g/mol. The van der Waals surface area contributed by atoms with E-state index in [4.69, 9.17) is 0 Å². The van der Waals surface area contributed by atoms with E-state index in [2.05, 4.69) is 22.4 Å². The quantitative estimate of drug-likeness (QED) is 0.899. The second-order valence-corrected chi connectivity index (χ2v) is 6.15. The summed E-state index contributed by atoms with van der Waals surface area (Å²) in [4.78, 5) is 18.6. The molecule has 2 N–H and O–H groups in total. The van der Waals surface area contributed by atoms with Gasteiger partial charge in [0.25, 0.3) is 0 Å². The van der Waals surface area contributed by atoms with Crippen molar-refractivity contribution in [2.75, 3.05) is 18.5 Å². The van der Waals surface area contributed by atoms with E-state index in [9.17, 15) is 9.90 Å². The third kappa shape index (κ3) is 2.28. The van der Waals surface area contributed by atoms with Crippen LogP contribution in [-0.2, 0) is 11.2 Å². The highest BCUT2D eigenvalue weighted by Gasteiger charge is 2.52. The number of anilines is 1. The number of hydrogen-bond acceptors (Lipinski definition) is 4. The van der Waals surface area contributed by atoms with Crippen LogP contribution in [0.15, 0.2) is 48.8 Å². The van der Waals surface area contributed by atoms with Crippen LogP contribution in [0.25, 0.3) is 0 Å². The molecule has 2 aromatic rings. The number of aliphatic hydroxyl groups is 1. The van der Waals surface area contributed by atoms with Crippen molar-refractivity contribution >= 4 is 11.6 Å². The minimum Gasteiger partial charge on any atom is -0.394 e. The summed E-state index contributed by atoms with van der Waals surface area (Å²) < 4.78 is 0. The van der Waals surface area contributed by atoms with Crippen LogP contribution in [0, 0.1) is 0 Å². The van der Waals surface area contributed by atoms with Gasteiger partial charge < -0.3 is 15.3 Å². The second-order valence-electron chi connectivity index (χ2n) is 6.15. The molecule has 0 spiro atoms. The van der Waals surface area contributed by atoms with E-state index in [0.717, 1.165) is 17.8 Å². The van der Waals surface area contributed by atoms with Gasteiger partial charge in [-0.1, -0.05) is 24.3 Å². The lowest BCUT2D eigenvalue weighted by atomic mass is 9.72. The van der Waals surface area contributed by atoms with Gasteiger partial charge in [-0.2, -0.15) is 0 Å². The molecular formula is C18H19N3O2. The van der Waals surface area contributed by atoms with Gasteiger partial charge in [-0.15, -0.1) is 0 Å². The van der Waals surface area contributed by atoms with Gasteiger partial charge in [-0.05, 0) is 23.3 Å². The molecule has 4 rings (SSSR count). The lowest BCUT2D eigenvalue weighted by Crippen LogP contribution is -2.69. The molecule has 2 aliphatic heterocycles. The Bertz CT molecular complexity index is 719. The average Bonchev–Trinajstić information content (AvgIpc) is 2.56. The van der Waals surface area contributed by atoms with Gasteiger partial charge in [0.2, 0.25) is 5.91 Å². The fourth-order valence-electron chi connectivity index (χ4n) is 3.89. The Morgan fingerprint density at radius 2 is 2.17 bits per heavy atom. The predicted octanol–water partition coefficient (Wildman–Crippen LogP) is 1.41. The smallest absolute Gasteiger partial charge is 0.227 e. The average molecular weight is 309 g/mol. The minimum atomic E-state index is -0.132. The zero-order valence-electron chi connectivity index (χ0n) is 12.7. The highest BCUT2D eigenvalue weighted by atomic mass is 16.3. The Kier molecular flexibility index (Phi) is 3.50. The standard InChI is InChI=1S/C18H19N3O2/c22-11-16-18-13-5-1-2-6-14(13)20-10-15(18)21(16)17(23)8-12-4-3-7-19-9-12/h1-7,9,15-16,18,20,22H,8,10-11H2/t15-,16+,18+/m0/s1. The number of aromatic nitrogens is 1. The van der Waals surface area contributed by atoms with E-state index in [1.807, 2.05) is 29.2 Å². The van der Waals surface area contributed by atoms with Crippen molar-refractivity contribution < 1.29 is 9.90 Å². The Morgan fingerprint density at radius 1 is 1.30 bits per heavy atom. The van der Waals surface area contributed by atoms with Crippen LogP contribution in [-0.4, -0.2) is 46.1 Å². The maximum absolute atomic E-state index is 12.7. The molecule has 0 saturated carbocycles. The summed E-state index contributed by atoms with van der Waals surface area (Å²) in [5.74, 6) is 0.273. The summed E-state index contributed by atoms with van der Waals surface area (Å²) in [5, 5.41) is 13.2. The van der Waals surface area contributed by atoms with Crippen molar-refractivity contribution in [2.24, 2.45) is 0 Å². The SMILES string of the molecule is O=C(Cc1cccnc1)N1[C@H](CO)[C@@H]2c3ccccc3NC[C@@H]21. The van der Waals surface area contributed by atoms with Crippen LogP contribution in [0.2, 0.25) is 0 Å². The molecule has 3 atom stereocenters.